The molecule has 0 unspecified atom stereocenters. The van der Waals surface area contributed by atoms with E-state index in [4.69, 9.17) is 4.74 Å². The van der Waals surface area contributed by atoms with E-state index in [1.54, 1.807) is 33.3 Å². The number of fused-ring (bicyclic) bond motifs is 1. The maximum atomic E-state index is 13.5. The van der Waals surface area contributed by atoms with Crippen LogP contribution < -0.4 is 10.1 Å². The number of benzene rings is 2. The number of rotatable bonds is 7. The van der Waals surface area contributed by atoms with Crippen LogP contribution in [0.2, 0.25) is 0 Å². The Morgan fingerprint density at radius 3 is 2.54 bits per heavy atom. The van der Waals surface area contributed by atoms with E-state index in [2.05, 4.69) is 5.32 Å². The first-order valence-electron chi connectivity index (χ1n) is 11.7. The van der Waals surface area contributed by atoms with Gasteiger partial charge < -0.3 is 19.9 Å². The van der Waals surface area contributed by atoms with E-state index >= 15 is 0 Å². The molecule has 35 heavy (non-hydrogen) atoms. The number of ether oxygens (including phenoxy) is 1. The van der Waals surface area contributed by atoms with E-state index in [1.807, 2.05) is 56.5 Å². The average Bonchev–Trinajstić information content (AvgIpc) is 3.32. The second kappa shape index (κ2) is 10.9. The molecule has 3 amide bonds. The van der Waals surface area contributed by atoms with Crippen molar-refractivity contribution in [3.05, 3.63) is 81.8 Å². The first kappa shape index (κ1) is 24.7. The quantitative estimate of drug-likeness (QED) is 0.461. The summed E-state index contributed by atoms with van der Waals surface area (Å²) >= 11 is 1.67. The van der Waals surface area contributed by atoms with E-state index < -0.39 is 0 Å². The summed E-state index contributed by atoms with van der Waals surface area (Å²) in [6, 6.07) is 14.7. The molecule has 0 fully saturated rings. The summed E-state index contributed by atoms with van der Waals surface area (Å²) in [7, 11) is 0. The monoisotopic (exact) mass is 495 g/mol. The minimum atomic E-state index is -0.329. The molecule has 2 heterocycles. The van der Waals surface area contributed by atoms with Gasteiger partial charge in [-0.2, -0.15) is 0 Å². The maximum Gasteiger partial charge on any atom is 0.322 e. The molecule has 4 rings (SSSR count). The summed E-state index contributed by atoms with van der Waals surface area (Å²) in [5, 5.41) is 4.92. The highest BCUT2D eigenvalue weighted by Crippen LogP contribution is 2.34. The van der Waals surface area contributed by atoms with Gasteiger partial charge in [0.1, 0.15) is 24.7 Å². The van der Waals surface area contributed by atoms with E-state index in [0.717, 1.165) is 17.5 Å². The molecule has 0 aliphatic carbocycles. The number of urea groups is 1. The fraction of sp³-hybridized carbons (Fsp3) is 0.333. The van der Waals surface area contributed by atoms with Gasteiger partial charge in [0.2, 0.25) is 5.91 Å². The lowest BCUT2D eigenvalue weighted by Gasteiger charge is -2.37. The molecule has 1 N–H and O–H groups in total. The molecular weight excluding hydrogens is 465 g/mol. The summed E-state index contributed by atoms with van der Waals surface area (Å²) in [6.07, 6.45) is 0.767. The molecule has 0 saturated carbocycles. The van der Waals surface area contributed by atoms with Crippen molar-refractivity contribution >= 4 is 29.0 Å². The van der Waals surface area contributed by atoms with Crippen molar-refractivity contribution in [2.45, 2.75) is 39.3 Å². The van der Waals surface area contributed by atoms with Crippen molar-refractivity contribution in [2.24, 2.45) is 0 Å². The Hall–Kier alpha value is -3.39. The van der Waals surface area contributed by atoms with Crippen LogP contribution in [0.15, 0.2) is 60.0 Å². The van der Waals surface area contributed by atoms with Gasteiger partial charge in [0, 0.05) is 23.2 Å². The van der Waals surface area contributed by atoms with Crippen molar-refractivity contribution in [3.8, 4) is 5.75 Å². The van der Waals surface area contributed by atoms with Gasteiger partial charge in [-0.15, -0.1) is 11.3 Å². The van der Waals surface area contributed by atoms with E-state index in [9.17, 15) is 14.0 Å². The van der Waals surface area contributed by atoms with Gasteiger partial charge in [0.15, 0.2) is 0 Å². The Kier molecular flexibility index (Phi) is 7.70. The van der Waals surface area contributed by atoms with Gasteiger partial charge in [-0.1, -0.05) is 17.7 Å². The number of nitrogens with zero attached hydrogens (tertiary/aromatic N) is 2. The van der Waals surface area contributed by atoms with Crippen LogP contribution in [0, 0.1) is 12.7 Å². The molecule has 1 aliphatic heterocycles. The van der Waals surface area contributed by atoms with E-state index in [1.165, 1.54) is 17.0 Å². The first-order chi connectivity index (χ1) is 16.8. The van der Waals surface area contributed by atoms with Crippen molar-refractivity contribution in [3.63, 3.8) is 0 Å². The van der Waals surface area contributed by atoms with Crippen molar-refractivity contribution < 1.29 is 18.7 Å². The van der Waals surface area contributed by atoms with Crippen LogP contribution >= 0.6 is 11.3 Å². The van der Waals surface area contributed by atoms with Crippen LogP contribution in [-0.4, -0.2) is 47.5 Å². The Morgan fingerprint density at radius 1 is 1.14 bits per heavy atom. The lowest BCUT2D eigenvalue weighted by atomic mass is 10.0. The topological polar surface area (TPSA) is 61.9 Å². The third-order valence-corrected chi connectivity index (χ3v) is 7.13. The molecule has 184 valence electrons. The van der Waals surface area contributed by atoms with E-state index in [-0.39, 0.29) is 43.0 Å². The number of nitrogens with one attached hydrogen (secondary N) is 1. The Labute approximate surface area is 209 Å². The summed E-state index contributed by atoms with van der Waals surface area (Å²) in [5.41, 5.74) is 2.85. The van der Waals surface area contributed by atoms with Gasteiger partial charge in [-0.25, -0.2) is 9.18 Å². The minimum Gasteiger partial charge on any atom is -0.491 e. The number of hydrogen-bond acceptors (Lipinski definition) is 4. The lowest BCUT2D eigenvalue weighted by Crippen LogP contribution is -2.50. The predicted octanol–water partition coefficient (Wildman–Crippen LogP) is 5.64. The zero-order valence-corrected chi connectivity index (χ0v) is 21.0. The summed E-state index contributed by atoms with van der Waals surface area (Å²) in [4.78, 5) is 31.1. The molecule has 0 bridgehead atoms. The van der Waals surface area contributed by atoms with Crippen LogP contribution in [0.1, 0.15) is 35.9 Å². The van der Waals surface area contributed by atoms with Crippen molar-refractivity contribution in [1.29, 1.82) is 0 Å². The zero-order chi connectivity index (χ0) is 24.9. The maximum absolute atomic E-state index is 13.5. The predicted molar refractivity (Wildman–Crippen MR) is 136 cm³/mol. The molecule has 6 nitrogen and oxygen atoms in total. The molecule has 0 radical (unpaired) electrons. The standard InChI is InChI=1S/C27H30FN3O3S/c1-18(2)31(27(33)29-21-8-4-19(3)5-9-21)16-26(32)30-14-12-25-23(13-15-35-25)24(30)17-34-22-10-6-20(28)7-11-22/h4-11,13,15,18,24H,12,14,16-17H2,1-3H3,(H,29,33)/t24-/m1/s1. The second-order valence-corrected chi connectivity index (χ2v) is 9.94. The molecule has 0 saturated heterocycles. The molecular formula is C27H30FN3O3S. The smallest absolute Gasteiger partial charge is 0.322 e. The third-order valence-electron chi connectivity index (χ3n) is 6.13. The molecule has 0 spiro atoms. The highest BCUT2D eigenvalue weighted by atomic mass is 32.1. The van der Waals surface area contributed by atoms with Gasteiger partial charge in [0.05, 0.1) is 6.04 Å². The SMILES string of the molecule is Cc1ccc(NC(=O)N(CC(=O)N2CCc3sccc3[C@H]2COc2ccc(F)cc2)C(C)C)cc1. The third kappa shape index (κ3) is 6.00. The number of anilines is 1. The van der Waals surface area contributed by atoms with E-state index in [0.29, 0.717) is 18.0 Å². The van der Waals surface area contributed by atoms with Crippen LogP contribution in [0.3, 0.4) is 0 Å². The number of carbonyl (C=O) groups is 2. The minimum absolute atomic E-state index is 0.0398. The Bertz CT molecular complexity index is 1160. The average molecular weight is 496 g/mol. The highest BCUT2D eigenvalue weighted by molar-refractivity contribution is 7.10. The molecule has 1 atom stereocenters. The van der Waals surface area contributed by atoms with Crippen LogP contribution in [0.4, 0.5) is 14.9 Å². The lowest BCUT2D eigenvalue weighted by molar-refractivity contribution is -0.135. The molecule has 8 heteroatoms. The summed E-state index contributed by atoms with van der Waals surface area (Å²) in [6.45, 7) is 6.53. The highest BCUT2D eigenvalue weighted by Gasteiger charge is 2.34. The fourth-order valence-electron chi connectivity index (χ4n) is 4.14. The summed E-state index contributed by atoms with van der Waals surface area (Å²) in [5.74, 6) is 0.0781. The number of halogens is 1. The number of amides is 3. The largest absolute Gasteiger partial charge is 0.491 e. The summed E-state index contributed by atoms with van der Waals surface area (Å²) < 4.78 is 19.2. The van der Waals surface area contributed by atoms with Crippen LogP contribution in [0.5, 0.6) is 5.75 Å². The number of carbonyl (C=O) groups excluding carboxylic acids is 2. The molecule has 3 aromatic rings. The van der Waals surface area contributed by atoms with Crippen molar-refractivity contribution in [1.82, 2.24) is 9.80 Å². The second-order valence-electron chi connectivity index (χ2n) is 8.93. The first-order valence-corrected chi connectivity index (χ1v) is 12.6. The van der Waals surface area contributed by atoms with Gasteiger partial charge >= 0.3 is 6.03 Å². The normalized spacial score (nSPS) is 15.0. The number of thiophene rings is 1. The zero-order valence-electron chi connectivity index (χ0n) is 20.2. The Balaban J connectivity index is 1.48. The van der Waals surface area contributed by atoms with Gasteiger partial charge in [-0.05, 0) is 80.6 Å². The fourth-order valence-corrected chi connectivity index (χ4v) is 5.07. The van der Waals surface area contributed by atoms with Crippen LogP contribution in [-0.2, 0) is 11.2 Å². The van der Waals surface area contributed by atoms with Crippen LogP contribution in [0.25, 0.3) is 0 Å². The molecule has 1 aromatic heterocycles. The van der Waals surface area contributed by atoms with Crippen molar-refractivity contribution in [2.75, 3.05) is 25.0 Å². The Morgan fingerprint density at radius 2 is 1.86 bits per heavy atom. The number of aryl methyl sites for hydroxylation is 1. The van der Waals surface area contributed by atoms with Gasteiger partial charge in [-0.3, -0.25) is 4.79 Å². The van der Waals surface area contributed by atoms with Gasteiger partial charge in [0.25, 0.3) is 0 Å². The number of hydrogen-bond donors (Lipinski definition) is 1. The molecule has 2 aromatic carbocycles. The molecule has 1 aliphatic rings.